The summed E-state index contributed by atoms with van der Waals surface area (Å²) in [5.74, 6) is 1.74. The second-order valence-corrected chi connectivity index (χ2v) is 5.22. The molecule has 0 fully saturated rings. The highest BCUT2D eigenvalue weighted by Crippen LogP contribution is 2.30. The topological polar surface area (TPSA) is 35.2 Å². The highest BCUT2D eigenvalue weighted by molar-refractivity contribution is 14.1. The summed E-state index contributed by atoms with van der Waals surface area (Å²) < 4.78 is 6.93. The van der Waals surface area contributed by atoms with E-state index in [9.17, 15) is 0 Å². The van der Waals surface area contributed by atoms with Crippen molar-refractivity contribution in [1.82, 2.24) is 0 Å². The van der Waals surface area contributed by atoms with E-state index >= 15 is 0 Å². The van der Waals surface area contributed by atoms with E-state index in [-0.39, 0.29) is 0 Å². The average Bonchev–Trinajstić information content (AvgIpc) is 2.27. The maximum absolute atomic E-state index is 5.91. The van der Waals surface area contributed by atoms with Gasteiger partial charge in [0.15, 0.2) is 0 Å². The Morgan fingerprint density at radius 3 is 2.47 bits per heavy atom. The van der Waals surface area contributed by atoms with Gasteiger partial charge in [-0.2, -0.15) is 0 Å². The normalized spacial score (nSPS) is 10.3. The average molecular weight is 339 g/mol. The van der Waals surface area contributed by atoms with Gasteiger partial charge in [0, 0.05) is 5.69 Å². The molecule has 0 bridgehead atoms. The van der Waals surface area contributed by atoms with Crippen molar-refractivity contribution in [3.8, 4) is 11.5 Å². The zero-order valence-corrected chi connectivity index (χ0v) is 12.0. The number of hydrogen-bond acceptors (Lipinski definition) is 2. The highest BCUT2D eigenvalue weighted by atomic mass is 127. The molecule has 88 valence electrons. The molecule has 2 N–H and O–H groups in total. The first-order valence-electron chi connectivity index (χ1n) is 5.36. The number of nitrogens with two attached hydrogens (primary N) is 1. The summed E-state index contributed by atoms with van der Waals surface area (Å²) >= 11 is 2.23. The van der Waals surface area contributed by atoms with Crippen LogP contribution in [0.3, 0.4) is 0 Å². The van der Waals surface area contributed by atoms with Crippen molar-refractivity contribution in [3.63, 3.8) is 0 Å². The minimum absolute atomic E-state index is 0.753. The van der Waals surface area contributed by atoms with Crippen LogP contribution >= 0.6 is 22.6 Å². The van der Waals surface area contributed by atoms with Crippen molar-refractivity contribution in [3.05, 3.63) is 51.1 Å². The number of rotatable bonds is 2. The minimum atomic E-state index is 0.753. The Balaban J connectivity index is 2.34. The molecule has 0 saturated heterocycles. The van der Waals surface area contributed by atoms with Gasteiger partial charge in [0.25, 0.3) is 0 Å². The van der Waals surface area contributed by atoms with Crippen LogP contribution in [0.4, 0.5) is 5.69 Å². The fraction of sp³-hybridized carbons (Fsp3) is 0.143. The summed E-state index contributed by atoms with van der Waals surface area (Å²) in [6.07, 6.45) is 0. The van der Waals surface area contributed by atoms with Crippen LogP contribution in [0, 0.1) is 17.4 Å². The molecule has 0 aromatic heterocycles. The predicted octanol–water partition coefficient (Wildman–Crippen LogP) is 4.28. The molecule has 0 aliphatic heterocycles. The number of ether oxygens (including phenoxy) is 1. The molecular formula is C14H14INO. The standard InChI is InChI=1S/C14H14INO/c1-9-3-4-10(2)14(7-9)17-13-6-5-11(16)8-12(13)15/h3-8H,16H2,1-2H3. The fourth-order valence-corrected chi connectivity index (χ4v) is 2.19. The number of halogens is 1. The van der Waals surface area contributed by atoms with Gasteiger partial charge in [-0.1, -0.05) is 12.1 Å². The Morgan fingerprint density at radius 1 is 1.00 bits per heavy atom. The van der Waals surface area contributed by atoms with Gasteiger partial charge in [-0.15, -0.1) is 0 Å². The molecule has 0 aliphatic rings. The molecular weight excluding hydrogens is 325 g/mol. The Morgan fingerprint density at radius 2 is 1.76 bits per heavy atom. The molecule has 0 radical (unpaired) electrons. The van der Waals surface area contributed by atoms with Crippen LogP contribution in [-0.4, -0.2) is 0 Å². The third kappa shape index (κ3) is 2.91. The Hall–Kier alpha value is -1.23. The summed E-state index contributed by atoms with van der Waals surface area (Å²) in [7, 11) is 0. The molecule has 0 unspecified atom stereocenters. The molecule has 0 spiro atoms. The largest absolute Gasteiger partial charge is 0.456 e. The van der Waals surface area contributed by atoms with Crippen molar-refractivity contribution in [2.75, 3.05) is 5.73 Å². The van der Waals surface area contributed by atoms with Gasteiger partial charge in [0.2, 0.25) is 0 Å². The lowest BCUT2D eigenvalue weighted by molar-refractivity contribution is 0.475. The quantitative estimate of drug-likeness (QED) is 0.655. The van der Waals surface area contributed by atoms with E-state index in [1.54, 1.807) is 0 Å². The third-order valence-electron chi connectivity index (χ3n) is 2.52. The first-order chi connectivity index (χ1) is 8.06. The van der Waals surface area contributed by atoms with Gasteiger partial charge in [-0.25, -0.2) is 0 Å². The maximum Gasteiger partial charge on any atom is 0.140 e. The van der Waals surface area contributed by atoms with Gasteiger partial charge in [0.1, 0.15) is 11.5 Å². The molecule has 3 heteroatoms. The van der Waals surface area contributed by atoms with E-state index in [4.69, 9.17) is 10.5 Å². The van der Waals surface area contributed by atoms with Crippen LogP contribution in [0.2, 0.25) is 0 Å². The summed E-state index contributed by atoms with van der Waals surface area (Å²) in [6.45, 7) is 4.10. The molecule has 2 rings (SSSR count). The lowest BCUT2D eigenvalue weighted by atomic mass is 10.1. The monoisotopic (exact) mass is 339 g/mol. The number of nitrogen functional groups attached to an aromatic ring is 1. The Kier molecular flexibility index (Phi) is 3.57. The molecule has 2 nitrogen and oxygen atoms in total. The molecule has 0 atom stereocenters. The van der Waals surface area contributed by atoms with Crippen LogP contribution in [0.15, 0.2) is 36.4 Å². The summed E-state index contributed by atoms with van der Waals surface area (Å²) in [5, 5.41) is 0. The van der Waals surface area contributed by atoms with Crippen LogP contribution in [0.1, 0.15) is 11.1 Å². The van der Waals surface area contributed by atoms with Crippen LogP contribution in [0.25, 0.3) is 0 Å². The van der Waals surface area contributed by atoms with E-state index < -0.39 is 0 Å². The fourth-order valence-electron chi connectivity index (χ4n) is 1.54. The lowest BCUT2D eigenvalue weighted by Gasteiger charge is -2.11. The molecule has 2 aromatic carbocycles. The first-order valence-corrected chi connectivity index (χ1v) is 6.44. The van der Waals surface area contributed by atoms with Crippen molar-refractivity contribution < 1.29 is 4.74 Å². The summed E-state index contributed by atoms with van der Waals surface area (Å²) in [5.41, 5.74) is 8.79. The maximum atomic E-state index is 5.91. The summed E-state index contributed by atoms with van der Waals surface area (Å²) in [6, 6.07) is 11.8. The van der Waals surface area contributed by atoms with Crippen molar-refractivity contribution in [2.45, 2.75) is 13.8 Å². The van der Waals surface area contributed by atoms with Crippen LogP contribution in [-0.2, 0) is 0 Å². The highest BCUT2D eigenvalue weighted by Gasteiger charge is 2.05. The van der Waals surface area contributed by atoms with Gasteiger partial charge < -0.3 is 10.5 Å². The smallest absolute Gasteiger partial charge is 0.140 e. The van der Waals surface area contributed by atoms with E-state index in [0.29, 0.717) is 0 Å². The van der Waals surface area contributed by atoms with Crippen molar-refractivity contribution in [1.29, 1.82) is 0 Å². The Labute approximate surface area is 115 Å². The second-order valence-electron chi connectivity index (χ2n) is 4.06. The zero-order valence-electron chi connectivity index (χ0n) is 9.83. The molecule has 17 heavy (non-hydrogen) atoms. The molecule has 2 aromatic rings. The van der Waals surface area contributed by atoms with Gasteiger partial charge in [-0.05, 0) is 71.8 Å². The molecule has 0 heterocycles. The second kappa shape index (κ2) is 4.96. The first kappa shape index (κ1) is 12.2. The lowest BCUT2D eigenvalue weighted by Crippen LogP contribution is -1.92. The molecule has 0 saturated carbocycles. The SMILES string of the molecule is Cc1ccc(C)c(Oc2ccc(N)cc2I)c1. The van der Waals surface area contributed by atoms with Crippen molar-refractivity contribution in [2.24, 2.45) is 0 Å². The zero-order chi connectivity index (χ0) is 12.4. The predicted molar refractivity (Wildman–Crippen MR) is 79.6 cm³/mol. The number of anilines is 1. The van der Waals surface area contributed by atoms with E-state index in [0.717, 1.165) is 26.3 Å². The molecule has 0 amide bonds. The van der Waals surface area contributed by atoms with Gasteiger partial charge in [0.05, 0.1) is 3.57 Å². The van der Waals surface area contributed by atoms with Crippen molar-refractivity contribution >= 4 is 28.3 Å². The van der Waals surface area contributed by atoms with Crippen LogP contribution in [0.5, 0.6) is 11.5 Å². The number of benzene rings is 2. The summed E-state index contributed by atoms with van der Waals surface area (Å²) in [4.78, 5) is 0. The number of hydrogen-bond donors (Lipinski definition) is 1. The Bertz CT molecular complexity index is 552. The van der Waals surface area contributed by atoms with E-state index in [1.807, 2.05) is 31.2 Å². The van der Waals surface area contributed by atoms with Crippen LogP contribution < -0.4 is 10.5 Å². The minimum Gasteiger partial charge on any atom is -0.456 e. The van der Waals surface area contributed by atoms with E-state index in [2.05, 4.69) is 41.6 Å². The molecule has 0 aliphatic carbocycles. The third-order valence-corrected chi connectivity index (χ3v) is 3.36. The van der Waals surface area contributed by atoms with E-state index in [1.165, 1.54) is 5.56 Å². The van der Waals surface area contributed by atoms with Gasteiger partial charge in [-0.3, -0.25) is 0 Å². The van der Waals surface area contributed by atoms with Gasteiger partial charge >= 0.3 is 0 Å². The number of aryl methyl sites for hydroxylation is 2.